The Balaban J connectivity index is 3.48. The number of rotatable bonds is 9. The standard InChI is InChI=1S/C18H23F5O5Si/c1-5-11-26-14(24)16(28-29(2,3)4,17(19,20)18(21,22)23)15(25)27-12-13-9-7-6-8-10-13/h6-10H,5,11-12H2,1-4H3. The molecule has 0 aromatic heterocycles. The molecule has 0 heterocycles. The van der Waals surface area contributed by atoms with Gasteiger partial charge in [0.25, 0.3) is 0 Å². The number of hydrogen-bond donors (Lipinski definition) is 0. The van der Waals surface area contributed by atoms with Crippen LogP contribution in [-0.2, 0) is 30.1 Å². The molecule has 0 radical (unpaired) electrons. The van der Waals surface area contributed by atoms with Crippen LogP contribution >= 0.6 is 0 Å². The van der Waals surface area contributed by atoms with Gasteiger partial charge in [-0.2, -0.15) is 22.0 Å². The van der Waals surface area contributed by atoms with E-state index in [1.165, 1.54) is 38.7 Å². The van der Waals surface area contributed by atoms with Crippen LogP contribution in [0, 0.1) is 0 Å². The SMILES string of the molecule is CCCOC(=O)C(O[Si](C)(C)C)(C(=O)OCc1ccccc1)C(F)(F)C(F)(F)F. The minimum atomic E-state index is -6.27. The minimum Gasteiger partial charge on any atom is -0.463 e. The van der Waals surface area contributed by atoms with Crippen LogP contribution < -0.4 is 0 Å². The van der Waals surface area contributed by atoms with Gasteiger partial charge in [-0.1, -0.05) is 37.3 Å². The molecule has 1 aromatic carbocycles. The highest BCUT2D eigenvalue weighted by molar-refractivity contribution is 6.70. The van der Waals surface area contributed by atoms with Crippen LogP contribution in [0.5, 0.6) is 0 Å². The van der Waals surface area contributed by atoms with Gasteiger partial charge < -0.3 is 13.9 Å². The maximum atomic E-state index is 14.6. The van der Waals surface area contributed by atoms with Crippen LogP contribution in [0.2, 0.25) is 19.6 Å². The maximum absolute atomic E-state index is 14.6. The third-order valence-corrected chi connectivity index (χ3v) is 4.40. The first kappa shape index (κ1) is 25.0. The molecule has 0 aliphatic heterocycles. The zero-order valence-corrected chi connectivity index (χ0v) is 17.4. The second-order valence-electron chi connectivity index (χ2n) is 7.17. The van der Waals surface area contributed by atoms with Crippen molar-refractivity contribution in [3.05, 3.63) is 35.9 Å². The monoisotopic (exact) mass is 442 g/mol. The van der Waals surface area contributed by atoms with Crippen molar-refractivity contribution in [2.45, 2.75) is 57.3 Å². The molecule has 0 aliphatic rings. The van der Waals surface area contributed by atoms with Crippen LogP contribution in [0.3, 0.4) is 0 Å². The van der Waals surface area contributed by atoms with E-state index in [9.17, 15) is 31.5 Å². The predicted molar refractivity (Wildman–Crippen MR) is 95.7 cm³/mol. The molecule has 1 aromatic rings. The van der Waals surface area contributed by atoms with E-state index < -0.39 is 51.2 Å². The molecule has 1 atom stereocenters. The fraction of sp³-hybridized carbons (Fsp3) is 0.556. The first-order chi connectivity index (χ1) is 13.2. The average molecular weight is 442 g/mol. The average Bonchev–Trinajstić information content (AvgIpc) is 2.61. The lowest BCUT2D eigenvalue weighted by Gasteiger charge is -2.40. The topological polar surface area (TPSA) is 61.8 Å². The molecule has 1 unspecified atom stereocenters. The highest BCUT2D eigenvalue weighted by Gasteiger charge is 2.80. The number of carbonyl (C=O) groups excluding carboxylic acids is 2. The number of ether oxygens (including phenoxy) is 2. The number of benzene rings is 1. The highest BCUT2D eigenvalue weighted by atomic mass is 28.4. The van der Waals surface area contributed by atoms with Gasteiger partial charge >= 0.3 is 29.6 Å². The van der Waals surface area contributed by atoms with Crippen molar-refractivity contribution in [3.8, 4) is 0 Å². The lowest BCUT2D eigenvalue weighted by Crippen LogP contribution is -2.70. The summed E-state index contributed by atoms with van der Waals surface area (Å²) in [7, 11) is -3.34. The van der Waals surface area contributed by atoms with Gasteiger partial charge in [-0.3, -0.25) is 0 Å². The number of hydrogen-bond acceptors (Lipinski definition) is 5. The molecule has 0 fully saturated rings. The Bertz CT molecular complexity index is 703. The van der Waals surface area contributed by atoms with Gasteiger partial charge in [0.1, 0.15) is 6.61 Å². The Morgan fingerprint density at radius 1 is 0.931 bits per heavy atom. The third kappa shape index (κ3) is 5.75. The molecule has 11 heteroatoms. The number of carbonyl (C=O) groups is 2. The summed E-state index contributed by atoms with van der Waals surface area (Å²) < 4.78 is 83.2. The number of alkyl halides is 5. The van der Waals surface area contributed by atoms with E-state index in [2.05, 4.69) is 4.74 Å². The van der Waals surface area contributed by atoms with Gasteiger partial charge in [0, 0.05) is 0 Å². The Morgan fingerprint density at radius 3 is 1.90 bits per heavy atom. The fourth-order valence-electron chi connectivity index (χ4n) is 2.27. The molecule has 5 nitrogen and oxygen atoms in total. The van der Waals surface area contributed by atoms with Gasteiger partial charge in [-0.15, -0.1) is 0 Å². The molecule has 0 N–H and O–H groups in total. The molecule has 1 rings (SSSR count). The molecular weight excluding hydrogens is 419 g/mol. The summed E-state index contributed by atoms with van der Waals surface area (Å²) in [6.07, 6.45) is -6.14. The van der Waals surface area contributed by atoms with Crippen LogP contribution in [0.15, 0.2) is 30.3 Å². The van der Waals surface area contributed by atoms with Crippen LogP contribution in [0.4, 0.5) is 22.0 Å². The van der Waals surface area contributed by atoms with Gasteiger partial charge in [0.2, 0.25) is 0 Å². The molecule has 164 valence electrons. The second-order valence-corrected chi connectivity index (χ2v) is 11.6. The zero-order valence-electron chi connectivity index (χ0n) is 16.4. The summed E-state index contributed by atoms with van der Waals surface area (Å²) in [6, 6.07) is 7.66. The number of halogens is 5. The normalized spacial score (nSPS) is 14.8. The first-order valence-electron chi connectivity index (χ1n) is 8.72. The Kier molecular flexibility index (Phi) is 7.94. The molecule has 0 spiro atoms. The molecule has 0 saturated carbocycles. The summed E-state index contributed by atoms with van der Waals surface area (Å²) in [5, 5.41) is 0. The van der Waals surface area contributed by atoms with Crippen LogP contribution in [0.1, 0.15) is 18.9 Å². The van der Waals surface area contributed by atoms with Crippen molar-refractivity contribution < 1.29 is 45.4 Å². The Morgan fingerprint density at radius 2 is 1.45 bits per heavy atom. The van der Waals surface area contributed by atoms with E-state index in [1.54, 1.807) is 18.2 Å². The molecule has 0 aliphatic carbocycles. The van der Waals surface area contributed by atoms with Crippen molar-refractivity contribution in [2.75, 3.05) is 6.61 Å². The smallest absolute Gasteiger partial charge is 0.457 e. The summed E-state index contributed by atoms with van der Waals surface area (Å²) in [4.78, 5) is 25.1. The minimum absolute atomic E-state index is 0.130. The Hall–Kier alpha value is -2.01. The number of esters is 2. The summed E-state index contributed by atoms with van der Waals surface area (Å²) in [5.74, 6) is -10.2. The maximum Gasteiger partial charge on any atom is 0.457 e. The lowest BCUT2D eigenvalue weighted by atomic mass is 9.94. The molecule has 0 saturated heterocycles. The van der Waals surface area contributed by atoms with Crippen molar-refractivity contribution in [1.29, 1.82) is 0 Å². The summed E-state index contributed by atoms with van der Waals surface area (Å²) in [6.45, 7) is 4.16. The molecule has 0 amide bonds. The first-order valence-corrected chi connectivity index (χ1v) is 12.1. The van der Waals surface area contributed by atoms with Gasteiger partial charge in [0.05, 0.1) is 6.61 Å². The van der Waals surface area contributed by atoms with E-state index in [4.69, 9.17) is 9.16 Å². The quantitative estimate of drug-likeness (QED) is 0.244. The highest BCUT2D eigenvalue weighted by Crippen LogP contribution is 2.48. The third-order valence-electron chi connectivity index (χ3n) is 3.48. The molecule has 0 bridgehead atoms. The fourth-order valence-corrected chi connectivity index (χ4v) is 3.48. The van der Waals surface area contributed by atoms with Gasteiger partial charge in [-0.05, 0) is 31.6 Å². The summed E-state index contributed by atoms with van der Waals surface area (Å²) >= 11 is 0. The van der Waals surface area contributed by atoms with Crippen LogP contribution in [-0.4, -0.2) is 44.6 Å². The van der Waals surface area contributed by atoms with E-state index in [-0.39, 0.29) is 6.42 Å². The zero-order chi connectivity index (χ0) is 22.5. The Labute approximate surface area is 166 Å². The van der Waals surface area contributed by atoms with E-state index >= 15 is 0 Å². The van der Waals surface area contributed by atoms with Crippen molar-refractivity contribution in [3.63, 3.8) is 0 Å². The van der Waals surface area contributed by atoms with E-state index in [0.29, 0.717) is 5.56 Å². The van der Waals surface area contributed by atoms with Gasteiger partial charge in [0.15, 0.2) is 8.32 Å². The van der Waals surface area contributed by atoms with Gasteiger partial charge in [-0.25, -0.2) is 9.59 Å². The largest absolute Gasteiger partial charge is 0.463 e. The molecular formula is C18H23F5O5Si. The van der Waals surface area contributed by atoms with E-state index in [0.717, 1.165) is 0 Å². The van der Waals surface area contributed by atoms with E-state index in [1.807, 2.05) is 0 Å². The molecule has 29 heavy (non-hydrogen) atoms. The van der Waals surface area contributed by atoms with Crippen molar-refractivity contribution in [2.24, 2.45) is 0 Å². The van der Waals surface area contributed by atoms with Crippen molar-refractivity contribution >= 4 is 20.3 Å². The lowest BCUT2D eigenvalue weighted by molar-refractivity contribution is -0.330. The summed E-state index contributed by atoms with van der Waals surface area (Å²) in [5.41, 5.74) is -3.99. The van der Waals surface area contributed by atoms with Crippen LogP contribution in [0.25, 0.3) is 0 Å². The second kappa shape index (κ2) is 9.20. The van der Waals surface area contributed by atoms with Crippen molar-refractivity contribution in [1.82, 2.24) is 0 Å². The predicted octanol–water partition coefficient (Wildman–Crippen LogP) is 4.47.